The topological polar surface area (TPSA) is 108 Å². The molecule has 1 aliphatic heterocycles. The average molecular weight is 367 g/mol. The number of nitrogens with one attached hydrogen (secondary N) is 1. The number of hydrogen-bond acceptors (Lipinski definition) is 6. The van der Waals surface area contributed by atoms with Crippen LogP contribution >= 0.6 is 0 Å². The molecule has 1 aliphatic carbocycles. The summed E-state index contributed by atoms with van der Waals surface area (Å²) in [5.41, 5.74) is 1.35. The van der Waals surface area contributed by atoms with E-state index < -0.39 is 5.97 Å². The predicted octanol–water partition coefficient (Wildman–Crippen LogP) is 2.50. The van der Waals surface area contributed by atoms with Gasteiger partial charge < -0.3 is 15.3 Å². The Kier molecular flexibility index (Phi) is 4.25. The first-order valence-corrected chi connectivity index (χ1v) is 9.04. The fourth-order valence-electron chi connectivity index (χ4n) is 4.09. The zero-order valence-electron chi connectivity index (χ0n) is 15.2. The molecule has 0 radical (unpaired) electrons. The summed E-state index contributed by atoms with van der Waals surface area (Å²) in [4.78, 5) is 38.2. The highest BCUT2D eigenvalue weighted by molar-refractivity contribution is 5.95. The van der Waals surface area contributed by atoms with Crippen molar-refractivity contribution in [2.45, 2.75) is 38.8 Å². The number of carboxylic acid groups (broad SMARTS) is 1. The molecule has 0 bridgehead atoms. The van der Waals surface area contributed by atoms with Crippen molar-refractivity contribution in [1.82, 2.24) is 15.0 Å². The molecule has 0 spiro atoms. The third-order valence-electron chi connectivity index (χ3n) is 5.38. The van der Waals surface area contributed by atoms with Crippen molar-refractivity contribution in [1.29, 1.82) is 0 Å². The number of rotatable bonds is 4. The van der Waals surface area contributed by atoms with Gasteiger partial charge in [0.15, 0.2) is 0 Å². The lowest BCUT2D eigenvalue weighted by Crippen LogP contribution is -2.51. The predicted molar refractivity (Wildman–Crippen MR) is 98.4 cm³/mol. The number of aromatic carboxylic acids is 1. The van der Waals surface area contributed by atoms with Crippen LogP contribution in [0.3, 0.4) is 0 Å². The van der Waals surface area contributed by atoms with Gasteiger partial charge in [0.05, 0.1) is 17.9 Å². The Bertz CT molecular complexity index is 884. The lowest BCUT2D eigenvalue weighted by Gasteiger charge is -2.45. The highest BCUT2D eigenvalue weighted by Gasteiger charge is 2.48. The van der Waals surface area contributed by atoms with Crippen LogP contribution in [-0.4, -0.2) is 38.0 Å². The Morgan fingerprint density at radius 3 is 2.52 bits per heavy atom. The number of carboxylic acids is 1. The molecule has 0 aromatic carbocycles. The summed E-state index contributed by atoms with van der Waals surface area (Å²) in [6.45, 7) is 3.63. The molecule has 1 amide bonds. The zero-order valence-corrected chi connectivity index (χ0v) is 15.2. The Hall–Kier alpha value is -3.03. The largest absolute Gasteiger partial charge is 0.477 e. The van der Waals surface area contributed by atoms with Crippen LogP contribution in [0, 0.1) is 11.8 Å². The van der Waals surface area contributed by atoms with Crippen LogP contribution in [0.2, 0.25) is 0 Å². The molecule has 1 saturated carbocycles. The van der Waals surface area contributed by atoms with Gasteiger partial charge in [-0.25, -0.2) is 19.7 Å². The first-order chi connectivity index (χ1) is 13.0. The number of nitrogens with zero attached hydrogens (tertiary/aromatic N) is 4. The van der Waals surface area contributed by atoms with Gasteiger partial charge in [-0.1, -0.05) is 6.92 Å². The van der Waals surface area contributed by atoms with Crippen LogP contribution in [0.25, 0.3) is 0 Å². The summed E-state index contributed by atoms with van der Waals surface area (Å²) in [5, 5.41) is 12.7. The minimum absolute atomic E-state index is 0.0358. The van der Waals surface area contributed by atoms with Crippen molar-refractivity contribution in [2.24, 2.45) is 11.8 Å². The van der Waals surface area contributed by atoms with Crippen molar-refractivity contribution in [3.05, 3.63) is 42.0 Å². The highest BCUT2D eigenvalue weighted by atomic mass is 16.4. The summed E-state index contributed by atoms with van der Waals surface area (Å²) < 4.78 is 0. The van der Waals surface area contributed by atoms with E-state index in [-0.39, 0.29) is 29.6 Å². The van der Waals surface area contributed by atoms with E-state index in [9.17, 15) is 14.7 Å². The normalized spacial score (nSPS) is 24.2. The molecule has 4 rings (SSSR count). The number of hydrogen-bond donors (Lipinski definition) is 2. The second kappa shape index (κ2) is 6.61. The Labute approximate surface area is 156 Å². The minimum Gasteiger partial charge on any atom is -0.477 e. The average Bonchev–Trinajstić information content (AvgIpc) is 3.48. The number of aromatic nitrogens is 3. The van der Waals surface area contributed by atoms with Gasteiger partial charge in [0.25, 0.3) is 0 Å². The van der Waals surface area contributed by atoms with E-state index in [4.69, 9.17) is 0 Å². The molecule has 1 fully saturated rings. The Morgan fingerprint density at radius 2 is 1.93 bits per heavy atom. The van der Waals surface area contributed by atoms with E-state index in [0.717, 1.165) is 18.4 Å². The van der Waals surface area contributed by atoms with Gasteiger partial charge in [0.1, 0.15) is 5.69 Å². The van der Waals surface area contributed by atoms with Crippen molar-refractivity contribution >= 4 is 23.5 Å². The summed E-state index contributed by atoms with van der Waals surface area (Å²) in [7, 11) is 0. The van der Waals surface area contributed by atoms with Crippen LogP contribution in [-0.2, 0) is 4.79 Å². The molecule has 3 unspecified atom stereocenters. The molecule has 8 nitrogen and oxygen atoms in total. The number of carbonyl (C=O) groups excluding carboxylic acids is 1. The van der Waals surface area contributed by atoms with Crippen molar-refractivity contribution in [2.75, 3.05) is 10.2 Å². The van der Waals surface area contributed by atoms with Crippen molar-refractivity contribution in [3.8, 4) is 0 Å². The van der Waals surface area contributed by atoms with E-state index in [0.29, 0.717) is 17.6 Å². The van der Waals surface area contributed by atoms with E-state index in [2.05, 4.69) is 27.2 Å². The molecular formula is C19H21N5O3. The molecule has 2 aromatic heterocycles. The van der Waals surface area contributed by atoms with Gasteiger partial charge in [-0.15, -0.1) is 0 Å². The second-order valence-electron chi connectivity index (χ2n) is 7.20. The van der Waals surface area contributed by atoms with Crippen LogP contribution in [0.15, 0.2) is 30.7 Å². The maximum Gasteiger partial charge on any atom is 0.354 e. The van der Waals surface area contributed by atoms with Gasteiger partial charge in [-0.05, 0) is 30.9 Å². The van der Waals surface area contributed by atoms with E-state index in [1.54, 1.807) is 36.4 Å². The van der Waals surface area contributed by atoms with Gasteiger partial charge >= 0.3 is 5.97 Å². The van der Waals surface area contributed by atoms with Crippen LogP contribution < -0.4 is 10.2 Å². The van der Waals surface area contributed by atoms with Crippen LogP contribution in [0.1, 0.15) is 48.8 Å². The van der Waals surface area contributed by atoms with Gasteiger partial charge in [-0.3, -0.25) is 4.79 Å². The molecule has 27 heavy (non-hydrogen) atoms. The standard InChI is InChI=1S/C19H21N5O3/c1-10-16(23-19-20-6-3-7-21-19)13-8-14(18(26)27)22-9-15(13)24(11(2)25)17(10)12-4-5-12/h3,6-10,12,16-17H,4-5H2,1-2H3,(H,26,27)(H,20,21,23). The molecule has 0 saturated heterocycles. The minimum atomic E-state index is -1.10. The number of carbonyl (C=O) groups is 2. The first kappa shape index (κ1) is 17.4. The lowest BCUT2D eigenvalue weighted by atomic mass is 9.80. The summed E-state index contributed by atoms with van der Waals surface area (Å²) in [6, 6.07) is 3.10. The maximum atomic E-state index is 12.5. The molecular weight excluding hydrogens is 346 g/mol. The van der Waals surface area contributed by atoms with E-state index in [1.165, 1.54) is 6.20 Å². The van der Waals surface area contributed by atoms with Crippen molar-refractivity contribution < 1.29 is 14.7 Å². The maximum absolute atomic E-state index is 12.5. The first-order valence-electron chi connectivity index (χ1n) is 9.04. The van der Waals surface area contributed by atoms with E-state index in [1.807, 2.05) is 0 Å². The molecule has 2 aliphatic rings. The smallest absolute Gasteiger partial charge is 0.354 e. The number of fused-ring (bicyclic) bond motifs is 1. The van der Waals surface area contributed by atoms with Gasteiger partial charge in [0, 0.05) is 36.8 Å². The van der Waals surface area contributed by atoms with Crippen LogP contribution in [0.5, 0.6) is 0 Å². The fraction of sp³-hybridized carbons (Fsp3) is 0.421. The number of anilines is 2. The molecule has 3 heterocycles. The molecule has 2 N–H and O–H groups in total. The quantitative estimate of drug-likeness (QED) is 0.854. The molecule has 3 atom stereocenters. The third-order valence-corrected chi connectivity index (χ3v) is 5.38. The lowest BCUT2D eigenvalue weighted by molar-refractivity contribution is -0.117. The van der Waals surface area contributed by atoms with Crippen LogP contribution in [0.4, 0.5) is 11.6 Å². The molecule has 2 aromatic rings. The van der Waals surface area contributed by atoms with Gasteiger partial charge in [0.2, 0.25) is 11.9 Å². The molecule has 140 valence electrons. The summed E-state index contributed by atoms with van der Waals surface area (Å²) in [5.74, 6) is -0.183. The number of pyridine rings is 1. The SMILES string of the molecule is CC(=O)N1c2cnc(C(=O)O)cc2C(Nc2ncccn2)C(C)C1C1CC1. The third kappa shape index (κ3) is 3.11. The monoisotopic (exact) mass is 367 g/mol. The number of amides is 1. The zero-order chi connectivity index (χ0) is 19.1. The Balaban J connectivity index is 1.84. The highest BCUT2D eigenvalue weighted by Crippen LogP contribution is 2.49. The van der Waals surface area contributed by atoms with E-state index >= 15 is 0 Å². The Morgan fingerprint density at radius 1 is 1.22 bits per heavy atom. The fourth-order valence-corrected chi connectivity index (χ4v) is 4.09. The van der Waals surface area contributed by atoms with Gasteiger partial charge in [-0.2, -0.15) is 0 Å². The summed E-state index contributed by atoms with van der Waals surface area (Å²) >= 11 is 0. The second-order valence-corrected chi connectivity index (χ2v) is 7.20. The van der Waals surface area contributed by atoms with Crippen molar-refractivity contribution in [3.63, 3.8) is 0 Å². The summed E-state index contributed by atoms with van der Waals surface area (Å²) in [6.07, 6.45) is 6.98. The molecule has 8 heteroatoms.